The third-order valence-corrected chi connectivity index (χ3v) is 6.22. The molecule has 8 nitrogen and oxygen atoms in total. The Morgan fingerprint density at radius 3 is 2.53 bits per heavy atom. The number of nitrogens with one attached hydrogen (secondary N) is 1. The number of ether oxygens (including phenoxy) is 1. The second-order valence-electron chi connectivity index (χ2n) is 10.5. The molecule has 1 N–H and O–H groups in total. The van der Waals surface area contributed by atoms with Gasteiger partial charge in [-0.3, -0.25) is 9.59 Å². The first-order valence-electron chi connectivity index (χ1n) is 12.7. The number of methoxy groups -OCH3 is 1. The number of carbonyl (C=O) groups is 2. The summed E-state index contributed by atoms with van der Waals surface area (Å²) in [5.74, 6) is 0.126. The molecular weight excluding hydrogens is 478 g/mol. The maximum absolute atomic E-state index is 14.0. The van der Waals surface area contributed by atoms with E-state index in [9.17, 15) is 9.59 Å². The van der Waals surface area contributed by atoms with Crippen molar-refractivity contribution in [2.75, 3.05) is 13.7 Å². The van der Waals surface area contributed by atoms with Crippen molar-refractivity contribution in [1.29, 1.82) is 0 Å². The number of aryl methyl sites for hydroxylation is 1. The van der Waals surface area contributed by atoms with E-state index in [1.807, 2.05) is 94.4 Å². The number of para-hydroxylation sites is 1. The molecule has 0 saturated carbocycles. The molecule has 1 unspecified atom stereocenters. The lowest BCUT2D eigenvalue weighted by Crippen LogP contribution is -2.50. The summed E-state index contributed by atoms with van der Waals surface area (Å²) in [6.45, 7) is 8.11. The van der Waals surface area contributed by atoms with E-state index in [1.165, 1.54) is 0 Å². The van der Waals surface area contributed by atoms with Crippen LogP contribution in [-0.4, -0.2) is 50.9 Å². The molecule has 0 bridgehead atoms. The fourth-order valence-corrected chi connectivity index (χ4v) is 4.49. The lowest BCUT2D eigenvalue weighted by molar-refractivity contribution is -0.142. The molecule has 0 aliphatic carbocycles. The molecule has 4 aromatic rings. The summed E-state index contributed by atoms with van der Waals surface area (Å²) < 4.78 is 7.03. The van der Waals surface area contributed by atoms with Crippen LogP contribution in [-0.2, 0) is 22.6 Å². The number of rotatable bonds is 9. The Balaban J connectivity index is 1.74. The van der Waals surface area contributed by atoms with Crippen molar-refractivity contribution < 1.29 is 14.3 Å². The Bertz CT molecular complexity index is 1420. The lowest BCUT2D eigenvalue weighted by atomic mass is 10.00. The predicted octanol–water partition coefficient (Wildman–Crippen LogP) is 4.48. The Morgan fingerprint density at radius 2 is 1.79 bits per heavy atom. The highest BCUT2D eigenvalue weighted by atomic mass is 16.5. The Kier molecular flexibility index (Phi) is 8.10. The van der Waals surface area contributed by atoms with Crippen LogP contribution in [0.1, 0.15) is 43.5 Å². The van der Waals surface area contributed by atoms with E-state index >= 15 is 0 Å². The molecule has 0 saturated heterocycles. The number of nitrogens with zero attached hydrogens (tertiary/aromatic N) is 4. The molecule has 0 fully saturated rings. The standard InChI is InChI=1S/C30H35N5O3/c1-21-10-8-11-22(18-21)16-17-34(27(36)20-35-26-15-7-6-14-25(26)32-33-35)28(29(37)31-30(2,3)4)23-12-9-13-24(19-23)38-5/h6-15,18-19,28H,16-17,20H2,1-5H3,(H,31,37). The Hall–Kier alpha value is -4.20. The van der Waals surface area contributed by atoms with Crippen LogP contribution in [0.4, 0.5) is 0 Å². The van der Waals surface area contributed by atoms with Crippen LogP contribution < -0.4 is 10.1 Å². The van der Waals surface area contributed by atoms with E-state index in [0.717, 1.165) is 16.6 Å². The topological polar surface area (TPSA) is 89.4 Å². The lowest BCUT2D eigenvalue weighted by Gasteiger charge is -2.34. The van der Waals surface area contributed by atoms with Gasteiger partial charge in [-0.2, -0.15) is 0 Å². The van der Waals surface area contributed by atoms with Gasteiger partial charge in [0, 0.05) is 12.1 Å². The van der Waals surface area contributed by atoms with Gasteiger partial charge in [0.15, 0.2) is 0 Å². The molecular formula is C30H35N5O3. The Morgan fingerprint density at radius 1 is 1.03 bits per heavy atom. The molecule has 38 heavy (non-hydrogen) atoms. The van der Waals surface area contributed by atoms with E-state index in [-0.39, 0.29) is 18.4 Å². The van der Waals surface area contributed by atoms with Crippen molar-refractivity contribution in [2.24, 2.45) is 0 Å². The fraction of sp³-hybridized carbons (Fsp3) is 0.333. The summed E-state index contributed by atoms with van der Waals surface area (Å²) in [6, 6.07) is 22.1. The SMILES string of the molecule is COc1cccc(C(C(=O)NC(C)(C)C)N(CCc2cccc(C)c2)C(=O)Cn2nnc3ccccc32)c1. The van der Waals surface area contributed by atoms with Crippen LogP contribution in [0.25, 0.3) is 11.0 Å². The zero-order chi connectivity index (χ0) is 27.3. The van der Waals surface area contributed by atoms with Gasteiger partial charge in [0.1, 0.15) is 23.9 Å². The van der Waals surface area contributed by atoms with Crippen molar-refractivity contribution in [1.82, 2.24) is 25.2 Å². The summed E-state index contributed by atoms with van der Waals surface area (Å²) in [6.07, 6.45) is 0.592. The third kappa shape index (κ3) is 6.56. The molecule has 0 aliphatic heterocycles. The molecule has 0 spiro atoms. The summed E-state index contributed by atoms with van der Waals surface area (Å²) >= 11 is 0. The monoisotopic (exact) mass is 513 g/mol. The minimum Gasteiger partial charge on any atom is -0.497 e. The van der Waals surface area contributed by atoms with Crippen LogP contribution in [0.2, 0.25) is 0 Å². The van der Waals surface area contributed by atoms with Gasteiger partial charge < -0.3 is 15.0 Å². The smallest absolute Gasteiger partial charge is 0.247 e. The van der Waals surface area contributed by atoms with Crippen LogP contribution >= 0.6 is 0 Å². The number of benzene rings is 3. The van der Waals surface area contributed by atoms with Gasteiger partial charge in [-0.1, -0.05) is 59.3 Å². The van der Waals surface area contributed by atoms with Crippen LogP contribution in [0.3, 0.4) is 0 Å². The third-order valence-electron chi connectivity index (χ3n) is 6.22. The van der Waals surface area contributed by atoms with Gasteiger partial charge in [0.25, 0.3) is 0 Å². The van der Waals surface area contributed by atoms with Crippen molar-refractivity contribution in [2.45, 2.75) is 52.2 Å². The highest BCUT2D eigenvalue weighted by Gasteiger charge is 2.33. The minimum absolute atomic E-state index is 0.0441. The summed E-state index contributed by atoms with van der Waals surface area (Å²) in [4.78, 5) is 29.5. The predicted molar refractivity (Wildman–Crippen MR) is 148 cm³/mol. The second-order valence-corrected chi connectivity index (χ2v) is 10.5. The highest BCUT2D eigenvalue weighted by Crippen LogP contribution is 2.27. The molecule has 1 heterocycles. The fourth-order valence-electron chi connectivity index (χ4n) is 4.49. The van der Waals surface area contributed by atoms with E-state index in [0.29, 0.717) is 29.8 Å². The van der Waals surface area contributed by atoms with Crippen molar-refractivity contribution in [3.8, 4) is 5.75 Å². The molecule has 8 heteroatoms. The number of aromatic nitrogens is 3. The van der Waals surface area contributed by atoms with Crippen molar-refractivity contribution in [3.63, 3.8) is 0 Å². The summed E-state index contributed by atoms with van der Waals surface area (Å²) in [7, 11) is 1.58. The first kappa shape index (κ1) is 26.9. The second kappa shape index (κ2) is 11.5. The largest absolute Gasteiger partial charge is 0.497 e. The molecule has 1 aromatic heterocycles. The molecule has 0 radical (unpaired) electrons. The van der Waals surface area contributed by atoms with Gasteiger partial charge in [0.05, 0.1) is 12.6 Å². The first-order chi connectivity index (χ1) is 18.1. The summed E-state index contributed by atoms with van der Waals surface area (Å²) in [5.41, 5.74) is 3.89. The average molecular weight is 514 g/mol. The molecule has 3 aromatic carbocycles. The number of amides is 2. The first-order valence-corrected chi connectivity index (χ1v) is 12.7. The van der Waals surface area contributed by atoms with Gasteiger partial charge >= 0.3 is 0 Å². The normalized spacial score (nSPS) is 12.2. The maximum Gasteiger partial charge on any atom is 0.247 e. The van der Waals surface area contributed by atoms with Gasteiger partial charge in [-0.25, -0.2) is 4.68 Å². The number of fused-ring (bicyclic) bond motifs is 1. The molecule has 0 aliphatic rings. The van der Waals surface area contributed by atoms with Gasteiger partial charge in [-0.15, -0.1) is 5.10 Å². The number of carbonyl (C=O) groups excluding carboxylic acids is 2. The van der Waals surface area contributed by atoms with Gasteiger partial charge in [0.2, 0.25) is 11.8 Å². The van der Waals surface area contributed by atoms with Crippen LogP contribution in [0.15, 0.2) is 72.8 Å². The maximum atomic E-state index is 14.0. The highest BCUT2D eigenvalue weighted by molar-refractivity contribution is 5.89. The van der Waals surface area contributed by atoms with E-state index in [2.05, 4.69) is 21.7 Å². The number of hydrogen-bond acceptors (Lipinski definition) is 5. The van der Waals surface area contributed by atoms with Crippen molar-refractivity contribution in [3.05, 3.63) is 89.5 Å². The zero-order valence-corrected chi connectivity index (χ0v) is 22.6. The summed E-state index contributed by atoms with van der Waals surface area (Å²) in [5, 5.41) is 11.5. The van der Waals surface area contributed by atoms with E-state index < -0.39 is 11.6 Å². The van der Waals surface area contributed by atoms with Crippen LogP contribution in [0.5, 0.6) is 5.75 Å². The molecule has 2 amide bonds. The van der Waals surface area contributed by atoms with Gasteiger partial charge in [-0.05, 0) is 69.5 Å². The van der Waals surface area contributed by atoms with E-state index in [1.54, 1.807) is 16.7 Å². The Labute approximate surface area is 223 Å². The minimum atomic E-state index is -0.864. The quantitative estimate of drug-likeness (QED) is 0.357. The van der Waals surface area contributed by atoms with Crippen LogP contribution in [0, 0.1) is 6.92 Å². The zero-order valence-electron chi connectivity index (χ0n) is 22.6. The molecule has 198 valence electrons. The average Bonchev–Trinajstić information content (AvgIpc) is 3.28. The molecule has 4 rings (SSSR count). The number of hydrogen-bond donors (Lipinski definition) is 1. The van der Waals surface area contributed by atoms with Crippen molar-refractivity contribution >= 4 is 22.8 Å². The van der Waals surface area contributed by atoms with E-state index in [4.69, 9.17) is 4.74 Å². The molecule has 1 atom stereocenters.